The van der Waals surface area contributed by atoms with Crippen molar-refractivity contribution in [1.29, 1.82) is 0 Å². The number of anilines is 2. The summed E-state index contributed by atoms with van der Waals surface area (Å²) in [6, 6.07) is 5.85. The van der Waals surface area contributed by atoms with Crippen LogP contribution in [0.15, 0.2) is 36.7 Å². The number of nitrogens with one attached hydrogen (secondary N) is 1. The van der Waals surface area contributed by atoms with E-state index < -0.39 is 11.9 Å². The highest BCUT2D eigenvalue weighted by atomic mass is 19.1. The molecule has 2 heterocycles. The molecule has 1 N–H and O–H groups in total. The zero-order valence-electron chi connectivity index (χ0n) is 10.6. The van der Waals surface area contributed by atoms with E-state index in [9.17, 15) is 9.18 Å². The van der Waals surface area contributed by atoms with Crippen molar-refractivity contribution in [3.05, 3.63) is 48.3 Å². The number of hydrogen-bond acceptors (Lipinski definition) is 4. The third kappa shape index (κ3) is 3.04. The van der Waals surface area contributed by atoms with E-state index in [0.717, 1.165) is 5.69 Å². The molecule has 0 aliphatic rings. The smallest absolute Gasteiger partial charge is 0.274 e. The molecule has 19 heavy (non-hydrogen) atoms. The second-order valence-electron chi connectivity index (χ2n) is 4.09. The van der Waals surface area contributed by atoms with Crippen molar-refractivity contribution in [3.63, 3.8) is 0 Å². The number of rotatable bonds is 3. The van der Waals surface area contributed by atoms with Crippen LogP contribution in [0.2, 0.25) is 0 Å². The van der Waals surface area contributed by atoms with Crippen LogP contribution in [0.4, 0.5) is 15.8 Å². The standard InChI is InChI=1S/C13H13FN4O/c1-18(2)11-6-7-15-8-10(11)17-13(19)9-4-3-5-12(14)16-9/h3-8H,1-2H3,(H,17,19). The molecular weight excluding hydrogens is 247 g/mol. The van der Waals surface area contributed by atoms with E-state index in [2.05, 4.69) is 15.3 Å². The van der Waals surface area contributed by atoms with E-state index >= 15 is 0 Å². The van der Waals surface area contributed by atoms with Crippen LogP contribution in [-0.2, 0) is 0 Å². The molecule has 5 nitrogen and oxygen atoms in total. The van der Waals surface area contributed by atoms with Crippen molar-refractivity contribution >= 4 is 17.3 Å². The average molecular weight is 260 g/mol. The highest BCUT2D eigenvalue weighted by Crippen LogP contribution is 2.22. The second kappa shape index (κ2) is 5.43. The van der Waals surface area contributed by atoms with Crippen LogP contribution in [0.25, 0.3) is 0 Å². The first-order valence-electron chi connectivity index (χ1n) is 5.63. The number of carbonyl (C=O) groups excluding carboxylic acids is 1. The highest BCUT2D eigenvalue weighted by Gasteiger charge is 2.11. The van der Waals surface area contributed by atoms with Crippen LogP contribution < -0.4 is 10.2 Å². The number of amides is 1. The van der Waals surface area contributed by atoms with E-state index in [1.165, 1.54) is 24.4 Å². The topological polar surface area (TPSA) is 58.1 Å². The van der Waals surface area contributed by atoms with E-state index in [-0.39, 0.29) is 5.69 Å². The van der Waals surface area contributed by atoms with Gasteiger partial charge >= 0.3 is 0 Å². The summed E-state index contributed by atoms with van der Waals surface area (Å²) in [5.74, 6) is -1.16. The lowest BCUT2D eigenvalue weighted by Crippen LogP contribution is -2.18. The molecule has 2 aromatic heterocycles. The Bertz CT molecular complexity index is 601. The fourth-order valence-corrected chi connectivity index (χ4v) is 1.59. The van der Waals surface area contributed by atoms with Gasteiger partial charge in [-0.2, -0.15) is 4.39 Å². The van der Waals surface area contributed by atoms with Crippen molar-refractivity contribution in [3.8, 4) is 0 Å². The van der Waals surface area contributed by atoms with E-state index in [1.807, 2.05) is 19.0 Å². The fraction of sp³-hybridized carbons (Fsp3) is 0.154. The summed E-state index contributed by atoms with van der Waals surface area (Å²) < 4.78 is 13.0. The quantitative estimate of drug-likeness (QED) is 0.857. The van der Waals surface area contributed by atoms with Crippen molar-refractivity contribution in [2.75, 3.05) is 24.3 Å². The summed E-state index contributed by atoms with van der Waals surface area (Å²) in [6.07, 6.45) is 3.16. The summed E-state index contributed by atoms with van der Waals surface area (Å²) >= 11 is 0. The van der Waals surface area contributed by atoms with Gasteiger partial charge in [-0.05, 0) is 18.2 Å². The molecule has 2 aromatic rings. The minimum atomic E-state index is -0.688. The van der Waals surface area contributed by atoms with Crippen LogP contribution in [-0.4, -0.2) is 30.0 Å². The fourth-order valence-electron chi connectivity index (χ4n) is 1.59. The zero-order valence-corrected chi connectivity index (χ0v) is 10.6. The van der Waals surface area contributed by atoms with Gasteiger partial charge in [0.1, 0.15) is 5.69 Å². The predicted octanol–water partition coefficient (Wildman–Crippen LogP) is 1.93. The summed E-state index contributed by atoms with van der Waals surface area (Å²) in [7, 11) is 3.71. The van der Waals surface area contributed by atoms with Crippen LogP contribution >= 0.6 is 0 Å². The van der Waals surface area contributed by atoms with Crippen molar-refractivity contribution in [2.24, 2.45) is 0 Å². The largest absolute Gasteiger partial charge is 0.376 e. The third-order valence-corrected chi connectivity index (χ3v) is 2.48. The maximum atomic E-state index is 13.0. The number of hydrogen-bond donors (Lipinski definition) is 1. The minimum absolute atomic E-state index is 0.0218. The second-order valence-corrected chi connectivity index (χ2v) is 4.09. The van der Waals surface area contributed by atoms with Gasteiger partial charge < -0.3 is 10.2 Å². The van der Waals surface area contributed by atoms with Crippen molar-refractivity contribution in [1.82, 2.24) is 9.97 Å². The van der Waals surface area contributed by atoms with Gasteiger partial charge in [-0.25, -0.2) is 4.98 Å². The molecule has 0 aliphatic carbocycles. The molecule has 1 amide bonds. The third-order valence-electron chi connectivity index (χ3n) is 2.48. The van der Waals surface area contributed by atoms with Crippen LogP contribution in [0.1, 0.15) is 10.5 Å². The molecule has 2 rings (SSSR count). The number of pyridine rings is 2. The van der Waals surface area contributed by atoms with Gasteiger partial charge in [-0.3, -0.25) is 9.78 Å². The lowest BCUT2D eigenvalue weighted by atomic mass is 10.3. The molecule has 0 fully saturated rings. The molecule has 6 heteroatoms. The highest BCUT2D eigenvalue weighted by molar-refractivity contribution is 6.04. The van der Waals surface area contributed by atoms with Crippen LogP contribution in [0, 0.1) is 5.95 Å². The van der Waals surface area contributed by atoms with E-state index in [1.54, 1.807) is 12.3 Å². The molecule has 0 aliphatic heterocycles. The molecule has 0 saturated heterocycles. The molecular formula is C13H13FN4O. The van der Waals surface area contributed by atoms with E-state index in [4.69, 9.17) is 0 Å². The Morgan fingerprint density at radius 3 is 2.79 bits per heavy atom. The molecule has 98 valence electrons. The SMILES string of the molecule is CN(C)c1ccncc1NC(=O)c1cccc(F)n1. The summed E-state index contributed by atoms with van der Waals surface area (Å²) in [4.78, 5) is 21.3. The Hall–Kier alpha value is -2.50. The number of carbonyl (C=O) groups is 1. The van der Waals surface area contributed by atoms with Crippen LogP contribution in [0.5, 0.6) is 0 Å². The average Bonchev–Trinajstić information content (AvgIpc) is 2.39. The van der Waals surface area contributed by atoms with Crippen LogP contribution in [0.3, 0.4) is 0 Å². The molecule has 0 spiro atoms. The summed E-state index contributed by atoms with van der Waals surface area (Å²) in [5.41, 5.74) is 1.37. The summed E-state index contributed by atoms with van der Waals surface area (Å²) in [6.45, 7) is 0. The van der Waals surface area contributed by atoms with Gasteiger partial charge in [0.15, 0.2) is 0 Å². The Morgan fingerprint density at radius 2 is 2.11 bits per heavy atom. The Labute approximate surface area is 110 Å². The van der Waals surface area contributed by atoms with Gasteiger partial charge in [-0.1, -0.05) is 6.07 Å². The van der Waals surface area contributed by atoms with Gasteiger partial charge in [0.05, 0.1) is 17.6 Å². The number of halogens is 1. The first-order valence-corrected chi connectivity index (χ1v) is 5.63. The zero-order chi connectivity index (χ0) is 13.8. The monoisotopic (exact) mass is 260 g/mol. The Morgan fingerprint density at radius 1 is 1.32 bits per heavy atom. The van der Waals surface area contributed by atoms with Gasteiger partial charge in [0.25, 0.3) is 5.91 Å². The lowest BCUT2D eigenvalue weighted by Gasteiger charge is -2.16. The first-order chi connectivity index (χ1) is 9.08. The van der Waals surface area contributed by atoms with Gasteiger partial charge in [0, 0.05) is 20.3 Å². The molecule has 0 aromatic carbocycles. The Balaban J connectivity index is 2.24. The van der Waals surface area contributed by atoms with Gasteiger partial charge in [-0.15, -0.1) is 0 Å². The maximum absolute atomic E-state index is 13.0. The predicted molar refractivity (Wildman–Crippen MR) is 70.7 cm³/mol. The molecule has 0 saturated carbocycles. The number of aromatic nitrogens is 2. The molecule has 0 bridgehead atoms. The normalized spacial score (nSPS) is 10.1. The first kappa shape index (κ1) is 12.9. The number of nitrogens with zero attached hydrogens (tertiary/aromatic N) is 3. The van der Waals surface area contributed by atoms with Crippen molar-refractivity contribution < 1.29 is 9.18 Å². The molecule has 0 radical (unpaired) electrons. The summed E-state index contributed by atoms with van der Waals surface area (Å²) in [5, 5.41) is 2.66. The Kier molecular flexibility index (Phi) is 3.70. The van der Waals surface area contributed by atoms with E-state index in [0.29, 0.717) is 5.69 Å². The molecule has 0 atom stereocenters. The lowest BCUT2D eigenvalue weighted by molar-refractivity contribution is 0.102. The van der Waals surface area contributed by atoms with Gasteiger partial charge in [0.2, 0.25) is 5.95 Å². The molecule has 0 unspecified atom stereocenters. The maximum Gasteiger partial charge on any atom is 0.274 e. The van der Waals surface area contributed by atoms with Crippen molar-refractivity contribution in [2.45, 2.75) is 0 Å². The minimum Gasteiger partial charge on any atom is -0.376 e.